The summed E-state index contributed by atoms with van der Waals surface area (Å²) in [6.45, 7) is 3.89. The fourth-order valence-electron chi connectivity index (χ4n) is 3.51. The summed E-state index contributed by atoms with van der Waals surface area (Å²) in [5.41, 5.74) is 0.694. The van der Waals surface area contributed by atoms with Gasteiger partial charge in [0.25, 0.3) is 0 Å². The van der Waals surface area contributed by atoms with E-state index in [0.717, 1.165) is 44.8 Å². The lowest BCUT2D eigenvalue weighted by atomic mass is 9.86. The number of piperidine rings is 3. The van der Waals surface area contributed by atoms with Crippen molar-refractivity contribution in [3.8, 4) is 5.75 Å². The lowest BCUT2D eigenvalue weighted by Crippen LogP contribution is -2.52. The number of carbonyl (C=O) groups excluding carboxylic acids is 1. The van der Waals surface area contributed by atoms with E-state index in [1.54, 1.807) is 0 Å². The van der Waals surface area contributed by atoms with E-state index in [9.17, 15) is 4.79 Å². The Kier molecular flexibility index (Phi) is 4.12. The lowest BCUT2D eigenvalue weighted by molar-refractivity contribution is -0.0290. The van der Waals surface area contributed by atoms with Crippen LogP contribution < -0.4 is 10.1 Å². The Labute approximate surface area is 136 Å². The van der Waals surface area contributed by atoms with Crippen molar-refractivity contribution in [3.05, 3.63) is 24.3 Å². The number of fused-ring (bicyclic) bond motifs is 3. The fraction of sp³-hybridized carbons (Fsp3) is 0.611. The van der Waals surface area contributed by atoms with Crippen molar-refractivity contribution in [3.63, 3.8) is 0 Å². The van der Waals surface area contributed by atoms with E-state index in [4.69, 9.17) is 9.47 Å². The summed E-state index contributed by atoms with van der Waals surface area (Å²) in [4.78, 5) is 14.6. The van der Waals surface area contributed by atoms with E-state index >= 15 is 0 Å². The number of nitrogens with one attached hydrogen (secondary N) is 1. The van der Waals surface area contributed by atoms with Crippen LogP contribution >= 0.6 is 0 Å². The molecule has 1 aromatic rings. The molecule has 3 saturated heterocycles. The first-order valence-corrected chi connectivity index (χ1v) is 8.70. The summed E-state index contributed by atoms with van der Waals surface area (Å²) < 4.78 is 11.5. The number of amides is 1. The van der Waals surface area contributed by atoms with Gasteiger partial charge in [-0.15, -0.1) is 0 Å². The van der Waals surface area contributed by atoms with Gasteiger partial charge in [0.15, 0.2) is 0 Å². The van der Waals surface area contributed by atoms with Crippen LogP contribution in [0.2, 0.25) is 0 Å². The smallest absolute Gasteiger partial charge is 0.412 e. The van der Waals surface area contributed by atoms with Gasteiger partial charge in [-0.05, 0) is 62.7 Å². The van der Waals surface area contributed by atoms with Gasteiger partial charge in [-0.3, -0.25) is 10.2 Å². The summed E-state index contributed by atoms with van der Waals surface area (Å²) in [7, 11) is 0. The number of rotatable bonds is 5. The third-order valence-corrected chi connectivity index (χ3v) is 5.15. The average Bonchev–Trinajstić information content (AvgIpc) is 3.39. The standard InChI is InChI=1S/C18H24N2O3/c21-18(23-17-11-20-9-7-14(17)8-10-20)19-15-3-1-2-4-16(15)22-12-13-5-6-13/h1-4,13-14,17H,5-12H2,(H,19,21). The summed E-state index contributed by atoms with van der Waals surface area (Å²) in [5.74, 6) is 1.93. The topological polar surface area (TPSA) is 50.8 Å². The first-order valence-electron chi connectivity index (χ1n) is 8.70. The molecule has 3 heterocycles. The quantitative estimate of drug-likeness (QED) is 0.907. The van der Waals surface area contributed by atoms with Crippen molar-refractivity contribution in [1.29, 1.82) is 0 Å². The van der Waals surface area contributed by atoms with Crippen molar-refractivity contribution < 1.29 is 14.3 Å². The molecule has 124 valence electrons. The van der Waals surface area contributed by atoms with E-state index in [1.807, 2.05) is 24.3 Å². The second-order valence-corrected chi connectivity index (χ2v) is 6.96. The van der Waals surface area contributed by atoms with E-state index < -0.39 is 0 Å². The summed E-state index contributed by atoms with van der Waals surface area (Å²) in [6, 6.07) is 7.58. The molecule has 1 unspecified atom stereocenters. The maximum absolute atomic E-state index is 12.3. The molecule has 4 fully saturated rings. The molecule has 1 N–H and O–H groups in total. The molecule has 1 aliphatic carbocycles. The molecule has 5 rings (SSSR count). The zero-order valence-electron chi connectivity index (χ0n) is 13.4. The molecule has 0 radical (unpaired) electrons. The van der Waals surface area contributed by atoms with Crippen molar-refractivity contribution >= 4 is 11.8 Å². The molecule has 5 nitrogen and oxygen atoms in total. The highest BCUT2D eigenvalue weighted by atomic mass is 16.6. The lowest BCUT2D eigenvalue weighted by Gasteiger charge is -2.43. The van der Waals surface area contributed by atoms with E-state index in [0.29, 0.717) is 17.5 Å². The molecule has 1 aromatic carbocycles. The van der Waals surface area contributed by atoms with Crippen LogP contribution in [0.5, 0.6) is 5.75 Å². The van der Waals surface area contributed by atoms with Gasteiger partial charge in [0, 0.05) is 6.54 Å². The Morgan fingerprint density at radius 1 is 1.17 bits per heavy atom. The number of para-hydroxylation sites is 2. The van der Waals surface area contributed by atoms with Gasteiger partial charge in [-0.1, -0.05) is 12.1 Å². The van der Waals surface area contributed by atoms with Gasteiger partial charge in [0.05, 0.1) is 12.3 Å². The van der Waals surface area contributed by atoms with Gasteiger partial charge in [0.1, 0.15) is 11.9 Å². The summed E-state index contributed by atoms with van der Waals surface area (Å²) in [5, 5.41) is 2.86. The average molecular weight is 316 g/mol. The van der Waals surface area contributed by atoms with Gasteiger partial charge < -0.3 is 9.47 Å². The van der Waals surface area contributed by atoms with Gasteiger partial charge >= 0.3 is 6.09 Å². The Morgan fingerprint density at radius 2 is 1.96 bits per heavy atom. The van der Waals surface area contributed by atoms with Crippen molar-refractivity contribution in [2.45, 2.75) is 31.8 Å². The SMILES string of the molecule is O=C(Nc1ccccc1OCC1CC1)OC1CN2CCC1CC2. The first-order chi connectivity index (χ1) is 11.3. The molecular formula is C18H24N2O3. The van der Waals surface area contributed by atoms with Crippen LogP contribution in [-0.4, -0.2) is 43.3 Å². The number of hydrogen-bond acceptors (Lipinski definition) is 4. The van der Waals surface area contributed by atoms with E-state index in [1.165, 1.54) is 12.8 Å². The number of hydrogen-bond donors (Lipinski definition) is 1. The van der Waals surface area contributed by atoms with E-state index in [2.05, 4.69) is 10.2 Å². The Balaban J connectivity index is 1.34. The number of carbonyl (C=O) groups is 1. The Morgan fingerprint density at radius 3 is 2.65 bits per heavy atom. The molecule has 5 heteroatoms. The van der Waals surface area contributed by atoms with Crippen LogP contribution in [0.15, 0.2) is 24.3 Å². The highest BCUT2D eigenvalue weighted by Gasteiger charge is 2.36. The van der Waals surface area contributed by atoms with E-state index in [-0.39, 0.29) is 12.2 Å². The Hall–Kier alpha value is -1.75. The summed E-state index contributed by atoms with van der Waals surface area (Å²) in [6.07, 6.45) is 4.43. The largest absolute Gasteiger partial charge is 0.491 e. The zero-order chi connectivity index (χ0) is 15.6. The highest BCUT2D eigenvalue weighted by molar-refractivity contribution is 5.86. The normalized spacial score (nSPS) is 29.1. The van der Waals surface area contributed by atoms with Gasteiger partial charge in [-0.25, -0.2) is 4.79 Å². The number of benzene rings is 1. The Bertz CT molecular complexity index is 565. The maximum atomic E-state index is 12.3. The number of anilines is 1. The molecule has 1 atom stereocenters. The second-order valence-electron chi connectivity index (χ2n) is 6.96. The zero-order valence-corrected chi connectivity index (χ0v) is 13.4. The molecule has 1 saturated carbocycles. The van der Waals surface area contributed by atoms with Crippen LogP contribution in [0.4, 0.5) is 10.5 Å². The van der Waals surface area contributed by atoms with Crippen LogP contribution in [0.1, 0.15) is 25.7 Å². The number of nitrogens with zero attached hydrogens (tertiary/aromatic N) is 1. The first kappa shape index (κ1) is 14.8. The minimum absolute atomic E-state index is 0.0250. The molecule has 3 aliphatic heterocycles. The molecular weight excluding hydrogens is 292 g/mol. The predicted molar refractivity (Wildman–Crippen MR) is 87.7 cm³/mol. The third-order valence-electron chi connectivity index (χ3n) is 5.15. The molecule has 0 aromatic heterocycles. The molecule has 4 aliphatic rings. The molecule has 23 heavy (non-hydrogen) atoms. The fourth-order valence-corrected chi connectivity index (χ4v) is 3.51. The van der Waals surface area contributed by atoms with Crippen LogP contribution in [-0.2, 0) is 4.74 Å². The number of ether oxygens (including phenoxy) is 2. The molecule has 1 amide bonds. The third kappa shape index (κ3) is 3.61. The van der Waals surface area contributed by atoms with Crippen molar-refractivity contribution in [1.82, 2.24) is 4.90 Å². The van der Waals surface area contributed by atoms with Crippen molar-refractivity contribution in [2.24, 2.45) is 11.8 Å². The van der Waals surface area contributed by atoms with Crippen LogP contribution in [0.3, 0.4) is 0 Å². The highest BCUT2D eigenvalue weighted by Crippen LogP contribution is 2.32. The van der Waals surface area contributed by atoms with Gasteiger partial charge in [0.2, 0.25) is 0 Å². The maximum Gasteiger partial charge on any atom is 0.412 e. The minimum atomic E-state index is -0.369. The monoisotopic (exact) mass is 316 g/mol. The molecule has 0 spiro atoms. The van der Waals surface area contributed by atoms with Crippen molar-refractivity contribution in [2.75, 3.05) is 31.6 Å². The second kappa shape index (κ2) is 6.40. The van der Waals surface area contributed by atoms with Gasteiger partial charge in [-0.2, -0.15) is 0 Å². The minimum Gasteiger partial charge on any atom is -0.491 e. The molecule has 2 bridgehead atoms. The summed E-state index contributed by atoms with van der Waals surface area (Å²) >= 11 is 0. The van der Waals surface area contributed by atoms with Crippen LogP contribution in [0, 0.1) is 11.8 Å². The predicted octanol–water partition coefficient (Wildman–Crippen LogP) is 3.12. The van der Waals surface area contributed by atoms with Crippen LogP contribution in [0.25, 0.3) is 0 Å².